The second kappa shape index (κ2) is 11.4. The van der Waals surface area contributed by atoms with E-state index in [-0.39, 0.29) is 0 Å². The van der Waals surface area contributed by atoms with Crippen molar-refractivity contribution in [1.82, 2.24) is 0 Å². The molecular weight excluding hydrogens is 192 g/mol. The van der Waals surface area contributed by atoms with Gasteiger partial charge in [0.2, 0.25) is 0 Å². The zero-order valence-electron chi connectivity index (χ0n) is 9.59. The third-order valence-corrected chi connectivity index (χ3v) is 2.18. The molecule has 0 fully saturated rings. The molecule has 0 aliphatic carbocycles. The highest BCUT2D eigenvalue weighted by atomic mass is 16.5. The molecular formula is C12H21O3. The lowest BCUT2D eigenvalue weighted by atomic mass is 10.1. The van der Waals surface area contributed by atoms with E-state index >= 15 is 0 Å². The average Bonchev–Trinajstić information content (AvgIpc) is 2.24. The molecule has 87 valence electrons. The maximum atomic E-state index is 11.3. The average molecular weight is 213 g/mol. The van der Waals surface area contributed by atoms with Crippen LogP contribution in [0.15, 0.2) is 0 Å². The van der Waals surface area contributed by atoms with Gasteiger partial charge in [-0.3, -0.25) is 9.59 Å². The van der Waals surface area contributed by atoms with Crippen molar-refractivity contribution in [2.24, 2.45) is 0 Å². The van der Waals surface area contributed by atoms with Gasteiger partial charge in [-0.15, -0.1) is 0 Å². The second-order valence-corrected chi connectivity index (χ2v) is 3.54. The summed E-state index contributed by atoms with van der Waals surface area (Å²) in [5.74, 6) is 0.303. The van der Waals surface area contributed by atoms with Gasteiger partial charge in [-0.2, -0.15) is 0 Å². The topological polar surface area (TPSA) is 43.4 Å². The van der Waals surface area contributed by atoms with Crippen LogP contribution in [0.2, 0.25) is 0 Å². The van der Waals surface area contributed by atoms with Crippen LogP contribution < -0.4 is 0 Å². The predicted molar refractivity (Wildman–Crippen MR) is 59.5 cm³/mol. The van der Waals surface area contributed by atoms with Crippen molar-refractivity contribution >= 4 is 12.1 Å². The first-order chi connectivity index (χ1) is 7.31. The molecule has 0 saturated heterocycles. The Morgan fingerprint density at radius 1 is 1.13 bits per heavy atom. The molecule has 0 aromatic heterocycles. The number of carbonyl (C=O) groups excluding carboxylic acids is 2. The standard InChI is InChI=1S/C12H21O3/c1-2-15-11-7-5-9-12(14)8-4-3-6-10-13/h2-9,11H2,1H3. The molecule has 0 aliphatic rings. The molecule has 0 amide bonds. The smallest absolute Gasteiger partial charge is 0.198 e. The molecule has 3 heteroatoms. The molecule has 3 nitrogen and oxygen atoms in total. The van der Waals surface area contributed by atoms with Gasteiger partial charge in [0.25, 0.3) is 0 Å². The van der Waals surface area contributed by atoms with Crippen molar-refractivity contribution in [1.29, 1.82) is 0 Å². The van der Waals surface area contributed by atoms with Crippen LogP contribution in [0, 0.1) is 0 Å². The quantitative estimate of drug-likeness (QED) is 0.495. The summed E-state index contributed by atoms with van der Waals surface area (Å²) in [5, 5.41) is 0. The third kappa shape index (κ3) is 11.2. The Kier molecular flexibility index (Phi) is 10.8. The number of ether oxygens (including phenoxy) is 1. The van der Waals surface area contributed by atoms with E-state index in [1.807, 2.05) is 13.2 Å². The normalized spacial score (nSPS) is 10.2. The lowest BCUT2D eigenvalue weighted by Gasteiger charge is -2.01. The van der Waals surface area contributed by atoms with Crippen LogP contribution in [0.3, 0.4) is 0 Å². The second-order valence-electron chi connectivity index (χ2n) is 3.54. The number of hydrogen-bond acceptors (Lipinski definition) is 3. The summed E-state index contributed by atoms with van der Waals surface area (Å²) >= 11 is 0. The highest BCUT2D eigenvalue weighted by molar-refractivity contribution is 5.78. The zero-order valence-corrected chi connectivity index (χ0v) is 9.59. The minimum Gasteiger partial charge on any atom is -0.382 e. The number of carbonyl (C=O) groups is 1. The van der Waals surface area contributed by atoms with E-state index in [4.69, 9.17) is 4.74 Å². The number of rotatable bonds is 11. The van der Waals surface area contributed by atoms with Crippen molar-refractivity contribution < 1.29 is 14.3 Å². The Labute approximate surface area is 92.2 Å². The van der Waals surface area contributed by atoms with E-state index in [1.165, 1.54) is 0 Å². The van der Waals surface area contributed by atoms with Crippen LogP contribution in [0.25, 0.3) is 0 Å². The highest BCUT2D eigenvalue weighted by Crippen LogP contribution is 2.04. The molecule has 0 heterocycles. The fourth-order valence-electron chi connectivity index (χ4n) is 1.31. The minimum absolute atomic E-state index is 0.303. The molecule has 0 rings (SSSR count). The van der Waals surface area contributed by atoms with E-state index in [9.17, 15) is 9.59 Å². The van der Waals surface area contributed by atoms with Gasteiger partial charge >= 0.3 is 0 Å². The molecule has 0 aliphatic heterocycles. The summed E-state index contributed by atoms with van der Waals surface area (Å²) in [4.78, 5) is 21.2. The monoisotopic (exact) mass is 213 g/mol. The number of Topliss-reactive ketones (excluding diaryl/α,β-unsaturated/α-hetero) is 1. The van der Waals surface area contributed by atoms with Gasteiger partial charge in [-0.1, -0.05) is 0 Å². The fraction of sp³-hybridized carbons (Fsp3) is 0.833. The summed E-state index contributed by atoms with van der Waals surface area (Å²) in [6.45, 7) is 3.47. The molecule has 1 radical (unpaired) electrons. The van der Waals surface area contributed by atoms with E-state index in [1.54, 1.807) is 0 Å². The molecule has 0 N–H and O–H groups in total. The van der Waals surface area contributed by atoms with Crippen LogP contribution in [-0.4, -0.2) is 25.3 Å². The van der Waals surface area contributed by atoms with Crippen molar-refractivity contribution in [3.8, 4) is 0 Å². The summed E-state index contributed by atoms with van der Waals surface area (Å²) in [6.07, 6.45) is 7.02. The summed E-state index contributed by atoms with van der Waals surface area (Å²) in [5.41, 5.74) is 0. The van der Waals surface area contributed by atoms with Crippen molar-refractivity contribution in [3.63, 3.8) is 0 Å². The molecule has 0 aromatic rings. The van der Waals surface area contributed by atoms with Gasteiger partial charge in [0.1, 0.15) is 5.78 Å². The lowest BCUT2D eigenvalue weighted by molar-refractivity contribution is -0.119. The SMILES string of the molecule is CCOCCCCC(=O)CCCC[C]=O. The molecule has 0 spiro atoms. The fourth-order valence-corrected chi connectivity index (χ4v) is 1.31. The van der Waals surface area contributed by atoms with Crippen LogP contribution in [0.4, 0.5) is 0 Å². The third-order valence-electron chi connectivity index (χ3n) is 2.18. The minimum atomic E-state index is 0.303. The van der Waals surface area contributed by atoms with Gasteiger partial charge in [-0.05, 0) is 32.6 Å². The predicted octanol–water partition coefficient (Wildman–Crippen LogP) is 2.43. The Bertz CT molecular complexity index is 166. The first-order valence-corrected chi connectivity index (χ1v) is 5.75. The number of unbranched alkanes of at least 4 members (excludes halogenated alkanes) is 3. The maximum Gasteiger partial charge on any atom is 0.198 e. The summed E-state index contributed by atoms with van der Waals surface area (Å²) in [7, 11) is 0. The maximum absolute atomic E-state index is 11.3. The number of ketones is 1. The summed E-state index contributed by atoms with van der Waals surface area (Å²) in [6, 6.07) is 0. The van der Waals surface area contributed by atoms with Gasteiger partial charge < -0.3 is 4.74 Å². The van der Waals surface area contributed by atoms with Crippen LogP contribution in [0.1, 0.15) is 51.9 Å². The number of hydrogen-bond donors (Lipinski definition) is 0. The van der Waals surface area contributed by atoms with E-state index < -0.39 is 0 Å². The lowest BCUT2D eigenvalue weighted by Crippen LogP contribution is -2.00. The highest BCUT2D eigenvalue weighted by Gasteiger charge is 2.01. The molecule has 0 atom stereocenters. The molecule has 0 bridgehead atoms. The van der Waals surface area contributed by atoms with Gasteiger partial charge in [0.05, 0.1) is 0 Å². The van der Waals surface area contributed by atoms with Crippen LogP contribution in [-0.2, 0) is 14.3 Å². The Morgan fingerprint density at radius 2 is 1.80 bits per heavy atom. The molecule has 0 saturated carbocycles. The van der Waals surface area contributed by atoms with E-state index in [0.29, 0.717) is 25.0 Å². The summed E-state index contributed by atoms with van der Waals surface area (Å²) < 4.78 is 5.17. The Morgan fingerprint density at radius 3 is 2.40 bits per heavy atom. The van der Waals surface area contributed by atoms with Crippen molar-refractivity contribution in [2.75, 3.05) is 13.2 Å². The van der Waals surface area contributed by atoms with Crippen LogP contribution >= 0.6 is 0 Å². The van der Waals surface area contributed by atoms with Gasteiger partial charge in [0.15, 0.2) is 6.29 Å². The van der Waals surface area contributed by atoms with Gasteiger partial charge in [-0.25, -0.2) is 0 Å². The molecule has 15 heavy (non-hydrogen) atoms. The first kappa shape index (κ1) is 14.3. The van der Waals surface area contributed by atoms with Crippen LogP contribution in [0.5, 0.6) is 0 Å². The Hall–Kier alpha value is -0.700. The first-order valence-electron chi connectivity index (χ1n) is 5.75. The van der Waals surface area contributed by atoms with Crippen molar-refractivity contribution in [3.05, 3.63) is 0 Å². The molecule has 0 aromatic carbocycles. The van der Waals surface area contributed by atoms with E-state index in [2.05, 4.69) is 0 Å². The van der Waals surface area contributed by atoms with Gasteiger partial charge in [0, 0.05) is 32.5 Å². The Balaban J connectivity index is 3.15. The zero-order chi connectivity index (χ0) is 11.4. The van der Waals surface area contributed by atoms with Crippen molar-refractivity contribution in [2.45, 2.75) is 51.9 Å². The largest absolute Gasteiger partial charge is 0.382 e. The molecule has 0 unspecified atom stereocenters. The van der Waals surface area contributed by atoms with E-state index in [0.717, 1.165) is 38.9 Å².